The SMILES string of the molecule is COCC(=O)N1CCCC(C(=O)N[C@@H]2CCCC[C@H]2NC(=O)c2ccccc2C)C1. The third-order valence-electron chi connectivity index (χ3n) is 6.21. The number of ether oxygens (including phenoxy) is 1. The van der Waals surface area contributed by atoms with Crippen LogP contribution in [0.25, 0.3) is 0 Å². The highest BCUT2D eigenvalue weighted by Crippen LogP contribution is 2.22. The second-order valence-corrected chi connectivity index (χ2v) is 8.41. The molecule has 1 aromatic rings. The summed E-state index contributed by atoms with van der Waals surface area (Å²) in [5.74, 6) is -0.398. The van der Waals surface area contributed by atoms with Crippen molar-refractivity contribution in [2.75, 3.05) is 26.8 Å². The Morgan fingerprint density at radius 1 is 1.03 bits per heavy atom. The fraction of sp³-hybridized carbons (Fsp3) is 0.609. The van der Waals surface area contributed by atoms with Crippen molar-refractivity contribution in [3.8, 4) is 0 Å². The Morgan fingerprint density at radius 2 is 1.73 bits per heavy atom. The molecule has 3 atom stereocenters. The number of carbonyl (C=O) groups excluding carboxylic acids is 3. The summed E-state index contributed by atoms with van der Waals surface area (Å²) >= 11 is 0. The molecule has 0 spiro atoms. The van der Waals surface area contributed by atoms with E-state index in [2.05, 4.69) is 10.6 Å². The Morgan fingerprint density at radius 3 is 2.43 bits per heavy atom. The summed E-state index contributed by atoms with van der Waals surface area (Å²) in [6.45, 7) is 3.07. The first-order valence-corrected chi connectivity index (χ1v) is 10.9. The number of hydrogen-bond donors (Lipinski definition) is 2. The van der Waals surface area contributed by atoms with Crippen molar-refractivity contribution >= 4 is 17.7 Å². The standard InChI is InChI=1S/C23H33N3O4/c1-16-8-3-4-10-18(16)23(29)25-20-12-6-5-11-19(20)24-22(28)17-9-7-13-26(14-17)21(27)15-30-2/h3-4,8,10,17,19-20H,5-7,9,11-15H2,1-2H3,(H,24,28)(H,25,29)/t17?,19-,20-/m1/s1. The summed E-state index contributed by atoms with van der Waals surface area (Å²) in [5.41, 5.74) is 1.61. The van der Waals surface area contributed by atoms with E-state index in [4.69, 9.17) is 4.74 Å². The lowest BCUT2D eigenvalue weighted by Crippen LogP contribution is -2.55. The number of hydrogen-bond acceptors (Lipinski definition) is 4. The molecule has 1 aliphatic heterocycles. The van der Waals surface area contributed by atoms with Crippen LogP contribution in [0.4, 0.5) is 0 Å². The second-order valence-electron chi connectivity index (χ2n) is 8.41. The summed E-state index contributed by atoms with van der Waals surface area (Å²) in [6.07, 6.45) is 5.36. The summed E-state index contributed by atoms with van der Waals surface area (Å²) in [7, 11) is 1.50. The van der Waals surface area contributed by atoms with Gasteiger partial charge in [0.25, 0.3) is 5.91 Å². The van der Waals surface area contributed by atoms with Crippen molar-refractivity contribution in [1.82, 2.24) is 15.5 Å². The minimum absolute atomic E-state index is 0.0213. The predicted molar refractivity (Wildman–Crippen MR) is 114 cm³/mol. The van der Waals surface area contributed by atoms with E-state index < -0.39 is 0 Å². The van der Waals surface area contributed by atoms with E-state index in [1.807, 2.05) is 31.2 Å². The van der Waals surface area contributed by atoms with E-state index in [1.54, 1.807) is 4.90 Å². The number of piperidine rings is 1. The lowest BCUT2D eigenvalue weighted by Gasteiger charge is -2.36. The van der Waals surface area contributed by atoms with Crippen LogP contribution in [-0.4, -0.2) is 61.5 Å². The first kappa shape index (κ1) is 22.3. The third-order valence-corrected chi connectivity index (χ3v) is 6.21. The molecule has 1 saturated heterocycles. The summed E-state index contributed by atoms with van der Waals surface area (Å²) < 4.78 is 4.94. The summed E-state index contributed by atoms with van der Waals surface area (Å²) in [5, 5.41) is 6.32. The first-order chi connectivity index (χ1) is 14.5. The quantitative estimate of drug-likeness (QED) is 0.744. The molecule has 7 heteroatoms. The Hall–Kier alpha value is -2.41. The highest BCUT2D eigenvalue weighted by atomic mass is 16.5. The molecular weight excluding hydrogens is 382 g/mol. The van der Waals surface area contributed by atoms with E-state index in [0.717, 1.165) is 44.1 Å². The van der Waals surface area contributed by atoms with Crippen LogP contribution in [0.5, 0.6) is 0 Å². The number of carbonyl (C=O) groups is 3. The van der Waals surface area contributed by atoms with Crippen molar-refractivity contribution in [1.29, 1.82) is 0 Å². The monoisotopic (exact) mass is 415 g/mol. The average Bonchev–Trinajstić information content (AvgIpc) is 2.75. The maximum absolute atomic E-state index is 13.0. The third kappa shape index (κ3) is 5.59. The van der Waals surface area contributed by atoms with Gasteiger partial charge in [-0.1, -0.05) is 31.0 Å². The van der Waals surface area contributed by atoms with E-state index in [1.165, 1.54) is 7.11 Å². The van der Waals surface area contributed by atoms with Crippen LogP contribution >= 0.6 is 0 Å². The molecule has 1 heterocycles. The molecule has 0 radical (unpaired) electrons. The summed E-state index contributed by atoms with van der Waals surface area (Å²) in [6, 6.07) is 7.38. The number of rotatable bonds is 6. The van der Waals surface area contributed by atoms with Crippen LogP contribution in [0.2, 0.25) is 0 Å². The van der Waals surface area contributed by atoms with Gasteiger partial charge in [0.15, 0.2) is 0 Å². The second kappa shape index (κ2) is 10.6. The van der Waals surface area contributed by atoms with Crippen LogP contribution in [0.1, 0.15) is 54.4 Å². The molecule has 2 aliphatic rings. The normalized spacial score (nSPS) is 24.2. The van der Waals surface area contributed by atoms with Gasteiger partial charge in [0.05, 0.1) is 5.92 Å². The maximum atomic E-state index is 13.0. The Balaban J connectivity index is 1.59. The maximum Gasteiger partial charge on any atom is 0.251 e. The topological polar surface area (TPSA) is 87.7 Å². The van der Waals surface area contributed by atoms with Crippen LogP contribution in [-0.2, 0) is 14.3 Å². The number of methoxy groups -OCH3 is 1. The Labute approximate surface area is 178 Å². The molecule has 2 fully saturated rings. The van der Waals surface area contributed by atoms with Crippen molar-refractivity contribution in [2.45, 2.75) is 57.5 Å². The molecule has 1 saturated carbocycles. The summed E-state index contributed by atoms with van der Waals surface area (Å²) in [4.78, 5) is 39.6. The molecule has 164 valence electrons. The van der Waals surface area contributed by atoms with E-state index >= 15 is 0 Å². The van der Waals surface area contributed by atoms with Gasteiger partial charge >= 0.3 is 0 Å². The fourth-order valence-electron chi connectivity index (χ4n) is 4.48. The number of likely N-dealkylation sites (tertiary alicyclic amines) is 1. The van der Waals surface area contributed by atoms with Gasteiger partial charge in [-0.3, -0.25) is 14.4 Å². The van der Waals surface area contributed by atoms with Crippen molar-refractivity contribution in [2.24, 2.45) is 5.92 Å². The van der Waals surface area contributed by atoms with Crippen LogP contribution in [0.15, 0.2) is 24.3 Å². The fourth-order valence-corrected chi connectivity index (χ4v) is 4.48. The highest BCUT2D eigenvalue weighted by Gasteiger charge is 2.33. The first-order valence-electron chi connectivity index (χ1n) is 10.9. The van der Waals surface area contributed by atoms with Gasteiger partial charge in [0.1, 0.15) is 6.61 Å². The molecule has 3 amide bonds. The molecular formula is C23H33N3O4. The van der Waals surface area contributed by atoms with E-state index in [9.17, 15) is 14.4 Å². The zero-order chi connectivity index (χ0) is 21.5. The zero-order valence-corrected chi connectivity index (χ0v) is 18.0. The molecule has 7 nitrogen and oxygen atoms in total. The zero-order valence-electron chi connectivity index (χ0n) is 18.0. The molecule has 1 aromatic carbocycles. The van der Waals surface area contributed by atoms with Crippen molar-refractivity contribution in [3.63, 3.8) is 0 Å². The minimum atomic E-state index is -0.214. The predicted octanol–water partition coefficient (Wildman–Crippen LogP) is 2.04. The van der Waals surface area contributed by atoms with Crippen molar-refractivity contribution < 1.29 is 19.1 Å². The highest BCUT2D eigenvalue weighted by molar-refractivity contribution is 5.95. The van der Waals surface area contributed by atoms with Crippen LogP contribution < -0.4 is 10.6 Å². The van der Waals surface area contributed by atoms with Gasteiger partial charge in [-0.15, -0.1) is 0 Å². The average molecular weight is 416 g/mol. The minimum Gasteiger partial charge on any atom is -0.375 e. The van der Waals surface area contributed by atoms with E-state index in [-0.39, 0.29) is 42.3 Å². The molecule has 3 rings (SSSR count). The van der Waals surface area contributed by atoms with Gasteiger partial charge in [-0.25, -0.2) is 0 Å². The van der Waals surface area contributed by atoms with Crippen molar-refractivity contribution in [3.05, 3.63) is 35.4 Å². The van der Waals surface area contributed by atoms with Gasteiger partial charge in [0.2, 0.25) is 11.8 Å². The lowest BCUT2D eigenvalue weighted by atomic mass is 9.88. The molecule has 1 aliphatic carbocycles. The molecule has 30 heavy (non-hydrogen) atoms. The van der Waals surface area contributed by atoms with Crippen LogP contribution in [0.3, 0.4) is 0 Å². The Kier molecular flexibility index (Phi) is 7.85. The van der Waals surface area contributed by atoms with Gasteiger partial charge in [-0.2, -0.15) is 0 Å². The van der Waals surface area contributed by atoms with Crippen LogP contribution in [0, 0.1) is 12.8 Å². The number of nitrogens with one attached hydrogen (secondary N) is 2. The molecule has 0 aromatic heterocycles. The lowest BCUT2D eigenvalue weighted by molar-refractivity contribution is -0.139. The molecule has 2 N–H and O–H groups in total. The number of aryl methyl sites for hydroxylation is 1. The number of benzene rings is 1. The smallest absolute Gasteiger partial charge is 0.251 e. The number of amides is 3. The largest absolute Gasteiger partial charge is 0.375 e. The number of nitrogens with zero attached hydrogens (tertiary/aromatic N) is 1. The Bertz CT molecular complexity index is 767. The van der Waals surface area contributed by atoms with Gasteiger partial charge in [0, 0.05) is 37.8 Å². The molecule has 0 bridgehead atoms. The van der Waals surface area contributed by atoms with E-state index in [0.29, 0.717) is 18.7 Å². The van der Waals surface area contributed by atoms with Gasteiger partial charge in [-0.05, 0) is 44.2 Å². The van der Waals surface area contributed by atoms with Gasteiger partial charge < -0.3 is 20.3 Å². The molecule has 1 unspecified atom stereocenters.